The minimum absolute atomic E-state index is 0.0222. The number of imide groups is 1. The molecular formula is C24H22Cl2N2O3. The number of carbonyl (C=O) groups is 2. The van der Waals surface area contributed by atoms with Crippen LogP contribution in [0.3, 0.4) is 0 Å². The fourth-order valence-corrected chi connectivity index (χ4v) is 3.82. The van der Waals surface area contributed by atoms with Gasteiger partial charge in [0.05, 0.1) is 5.02 Å². The molecule has 0 N–H and O–H groups in total. The first kappa shape index (κ1) is 22.9. The molecule has 1 aromatic heterocycles. The third kappa shape index (κ3) is 4.92. The zero-order valence-electron chi connectivity index (χ0n) is 17.4. The van der Waals surface area contributed by atoms with E-state index in [0.717, 1.165) is 24.2 Å². The largest absolute Gasteiger partial charge is 0.457 e. The maximum absolute atomic E-state index is 13.1. The van der Waals surface area contributed by atoms with Crippen molar-refractivity contribution >= 4 is 41.1 Å². The Morgan fingerprint density at radius 1 is 1.10 bits per heavy atom. The van der Waals surface area contributed by atoms with Gasteiger partial charge < -0.3 is 4.42 Å². The van der Waals surface area contributed by atoms with Crippen molar-refractivity contribution in [1.82, 2.24) is 4.90 Å². The number of halogens is 2. The molecule has 0 fully saturated rings. The quantitative estimate of drug-likeness (QED) is 0.273. The lowest BCUT2D eigenvalue weighted by atomic mass is 9.94. The fraction of sp³-hybridized carbons (Fsp3) is 0.292. The molecule has 1 aromatic carbocycles. The van der Waals surface area contributed by atoms with E-state index in [4.69, 9.17) is 27.6 Å². The van der Waals surface area contributed by atoms with Gasteiger partial charge in [-0.1, -0.05) is 49.4 Å². The average Bonchev–Trinajstić information content (AvgIpc) is 3.21. The molecule has 2 aromatic rings. The molecule has 0 saturated carbocycles. The molecule has 0 saturated heterocycles. The molecule has 0 unspecified atom stereocenters. The molecular weight excluding hydrogens is 435 g/mol. The van der Waals surface area contributed by atoms with Gasteiger partial charge in [0.15, 0.2) is 0 Å². The molecule has 3 rings (SSSR count). The molecule has 0 aliphatic carbocycles. The minimum atomic E-state index is -0.538. The van der Waals surface area contributed by atoms with Crippen molar-refractivity contribution < 1.29 is 14.0 Å². The summed E-state index contributed by atoms with van der Waals surface area (Å²) in [6.07, 6.45) is 5.25. The fourth-order valence-electron chi connectivity index (χ4n) is 3.43. The first-order valence-electron chi connectivity index (χ1n) is 10.1. The summed E-state index contributed by atoms with van der Waals surface area (Å²) < 4.78 is 5.87. The molecule has 1 aliphatic heterocycles. The summed E-state index contributed by atoms with van der Waals surface area (Å²) >= 11 is 12.3. The Morgan fingerprint density at radius 2 is 1.87 bits per heavy atom. The molecule has 160 valence electrons. The third-order valence-corrected chi connectivity index (χ3v) is 5.73. The first-order chi connectivity index (χ1) is 14.9. The molecule has 2 heterocycles. The van der Waals surface area contributed by atoms with Gasteiger partial charge in [-0.3, -0.25) is 14.5 Å². The summed E-state index contributed by atoms with van der Waals surface area (Å²) in [7, 11) is 0. The van der Waals surface area contributed by atoms with Crippen LogP contribution in [0.4, 0.5) is 0 Å². The monoisotopic (exact) mass is 456 g/mol. The maximum atomic E-state index is 13.1. The molecule has 0 atom stereocenters. The Hall–Kier alpha value is -2.81. The molecule has 31 heavy (non-hydrogen) atoms. The Labute approximate surface area is 191 Å². The van der Waals surface area contributed by atoms with Crippen molar-refractivity contribution in [3.63, 3.8) is 0 Å². The van der Waals surface area contributed by atoms with E-state index in [9.17, 15) is 14.9 Å². The maximum Gasteiger partial charge on any atom is 0.271 e. The van der Waals surface area contributed by atoms with Crippen LogP contribution < -0.4 is 0 Å². The highest BCUT2D eigenvalue weighted by Crippen LogP contribution is 2.33. The van der Waals surface area contributed by atoms with E-state index in [-0.39, 0.29) is 17.7 Å². The van der Waals surface area contributed by atoms with Gasteiger partial charge in [0.2, 0.25) is 0 Å². The average molecular weight is 457 g/mol. The van der Waals surface area contributed by atoms with Crippen LogP contribution in [0.2, 0.25) is 10.0 Å². The van der Waals surface area contributed by atoms with Gasteiger partial charge in [-0.2, -0.15) is 5.26 Å². The molecule has 0 spiro atoms. The summed E-state index contributed by atoms with van der Waals surface area (Å²) in [6.45, 7) is 3.98. The summed E-state index contributed by atoms with van der Waals surface area (Å²) in [5.41, 5.74) is 1.23. The highest BCUT2D eigenvalue weighted by atomic mass is 35.5. The first-order valence-corrected chi connectivity index (χ1v) is 10.9. The Kier molecular flexibility index (Phi) is 7.37. The summed E-state index contributed by atoms with van der Waals surface area (Å²) in [5.74, 6) is -0.0511. The number of nitriles is 1. The number of furan rings is 1. The molecule has 1 aliphatic rings. The van der Waals surface area contributed by atoms with Crippen molar-refractivity contribution in [1.29, 1.82) is 5.26 Å². The van der Waals surface area contributed by atoms with E-state index in [1.807, 2.05) is 6.07 Å². The second-order valence-corrected chi connectivity index (χ2v) is 8.16. The van der Waals surface area contributed by atoms with Gasteiger partial charge in [-0.15, -0.1) is 0 Å². The number of rotatable bonds is 7. The molecule has 7 heteroatoms. The van der Waals surface area contributed by atoms with Gasteiger partial charge in [0.25, 0.3) is 11.8 Å². The third-order valence-electron chi connectivity index (χ3n) is 5.17. The Balaban J connectivity index is 1.95. The van der Waals surface area contributed by atoms with Gasteiger partial charge in [0, 0.05) is 22.7 Å². The highest BCUT2D eigenvalue weighted by molar-refractivity contribution is 6.35. The number of hydrogen-bond donors (Lipinski definition) is 0. The van der Waals surface area contributed by atoms with Crippen LogP contribution in [0.5, 0.6) is 0 Å². The number of unbranched alkanes of at least 4 members (excludes halogenated alkanes) is 3. The lowest BCUT2D eigenvalue weighted by Gasteiger charge is -2.27. The number of amides is 2. The van der Waals surface area contributed by atoms with Crippen molar-refractivity contribution in [2.75, 3.05) is 6.54 Å². The van der Waals surface area contributed by atoms with Crippen LogP contribution in [-0.2, 0) is 9.59 Å². The number of nitrogens with zero attached hydrogens (tertiary/aromatic N) is 2. The van der Waals surface area contributed by atoms with Crippen molar-refractivity contribution in [2.45, 2.75) is 39.5 Å². The molecule has 2 amide bonds. The zero-order valence-corrected chi connectivity index (χ0v) is 18.9. The molecule has 0 radical (unpaired) electrons. The Bertz CT molecular complexity index is 1120. The van der Waals surface area contributed by atoms with Gasteiger partial charge in [-0.25, -0.2) is 0 Å². The van der Waals surface area contributed by atoms with Crippen LogP contribution in [-0.4, -0.2) is 23.3 Å². The number of carbonyl (C=O) groups excluding carboxylic acids is 2. The van der Waals surface area contributed by atoms with Crippen molar-refractivity contribution in [3.05, 3.63) is 62.9 Å². The standard InChI is InChI=1S/C24H22Cl2N2O3/c1-3-4-5-6-11-28-23(29)18(15(2)20(14-27)24(28)30)13-17-8-10-22(31-17)19-12-16(25)7-9-21(19)26/h7-10,12-13H,3-6,11H2,1-2H3/b18-13+. The molecule has 0 bridgehead atoms. The van der Waals surface area contributed by atoms with Crippen LogP contribution in [0, 0.1) is 11.3 Å². The lowest BCUT2D eigenvalue weighted by Crippen LogP contribution is -2.43. The number of benzene rings is 1. The van der Waals surface area contributed by atoms with Gasteiger partial charge in [-0.05, 0) is 55.3 Å². The van der Waals surface area contributed by atoms with Crippen LogP contribution in [0.15, 0.2) is 51.5 Å². The summed E-state index contributed by atoms with van der Waals surface area (Å²) in [6, 6.07) is 10.4. The highest BCUT2D eigenvalue weighted by Gasteiger charge is 2.35. The van der Waals surface area contributed by atoms with Crippen LogP contribution >= 0.6 is 23.2 Å². The van der Waals surface area contributed by atoms with Crippen LogP contribution in [0.25, 0.3) is 17.4 Å². The SMILES string of the molecule is CCCCCCN1C(=O)C(C#N)=C(C)/C(=C\c2ccc(-c3cc(Cl)ccc3Cl)o2)C1=O. The molecule has 5 nitrogen and oxygen atoms in total. The summed E-state index contributed by atoms with van der Waals surface area (Å²) in [5, 5.41) is 10.5. The van der Waals surface area contributed by atoms with Gasteiger partial charge >= 0.3 is 0 Å². The van der Waals surface area contributed by atoms with E-state index < -0.39 is 11.8 Å². The zero-order chi connectivity index (χ0) is 22.5. The number of hydrogen-bond acceptors (Lipinski definition) is 4. The van der Waals surface area contributed by atoms with E-state index in [2.05, 4.69) is 6.92 Å². The topological polar surface area (TPSA) is 74.3 Å². The smallest absolute Gasteiger partial charge is 0.271 e. The second-order valence-electron chi connectivity index (χ2n) is 7.32. The summed E-state index contributed by atoms with van der Waals surface area (Å²) in [4.78, 5) is 26.9. The normalized spacial score (nSPS) is 15.7. The predicted octanol–water partition coefficient (Wildman–Crippen LogP) is 6.43. The Morgan fingerprint density at radius 3 is 2.58 bits per heavy atom. The van der Waals surface area contributed by atoms with E-state index >= 15 is 0 Å². The van der Waals surface area contributed by atoms with E-state index in [1.54, 1.807) is 43.3 Å². The lowest BCUT2D eigenvalue weighted by molar-refractivity contribution is -0.140. The predicted molar refractivity (Wildman–Crippen MR) is 121 cm³/mol. The van der Waals surface area contributed by atoms with Crippen molar-refractivity contribution in [2.24, 2.45) is 0 Å². The minimum Gasteiger partial charge on any atom is -0.457 e. The second kappa shape index (κ2) is 10.00. The van der Waals surface area contributed by atoms with Crippen LogP contribution in [0.1, 0.15) is 45.3 Å². The van der Waals surface area contributed by atoms with E-state index in [0.29, 0.717) is 39.1 Å². The van der Waals surface area contributed by atoms with Crippen molar-refractivity contribution in [3.8, 4) is 17.4 Å². The van der Waals surface area contributed by atoms with Gasteiger partial charge in [0.1, 0.15) is 23.2 Å². The van der Waals surface area contributed by atoms with E-state index in [1.165, 1.54) is 0 Å².